The van der Waals surface area contributed by atoms with E-state index in [4.69, 9.17) is 16.3 Å². The zero-order chi connectivity index (χ0) is 9.26. The van der Waals surface area contributed by atoms with Gasteiger partial charge in [0.25, 0.3) is 0 Å². The summed E-state index contributed by atoms with van der Waals surface area (Å²) in [5, 5.41) is 0.510. The molecule has 3 heteroatoms. The summed E-state index contributed by atoms with van der Waals surface area (Å²) in [5.41, 5.74) is 0. The monoisotopic (exact) mass is 200 g/mol. The van der Waals surface area contributed by atoms with Gasteiger partial charge in [0.05, 0.1) is 6.10 Å². The average Bonchev–Trinajstić information content (AvgIpc) is 2.03. The average molecular weight is 201 g/mol. The first-order valence-electron chi connectivity index (χ1n) is 4.37. The Balaban J connectivity index is 2.13. The number of ether oxygens (including phenoxy) is 1. The van der Waals surface area contributed by atoms with E-state index in [2.05, 4.69) is 0 Å². The van der Waals surface area contributed by atoms with Crippen molar-refractivity contribution in [3.63, 3.8) is 0 Å². The maximum absolute atomic E-state index is 13.1. The van der Waals surface area contributed by atoms with Crippen LogP contribution in [0.4, 0.5) is 4.39 Å². The highest BCUT2D eigenvalue weighted by Crippen LogP contribution is 2.28. The van der Waals surface area contributed by atoms with Crippen LogP contribution in [0.25, 0.3) is 0 Å². The van der Waals surface area contributed by atoms with Crippen LogP contribution in [0.15, 0.2) is 18.2 Å². The van der Waals surface area contributed by atoms with E-state index in [1.807, 2.05) is 0 Å². The van der Waals surface area contributed by atoms with Gasteiger partial charge in [-0.05, 0) is 31.4 Å². The zero-order valence-corrected chi connectivity index (χ0v) is 7.85. The van der Waals surface area contributed by atoms with Crippen molar-refractivity contribution in [3.05, 3.63) is 29.0 Å². The van der Waals surface area contributed by atoms with Gasteiger partial charge >= 0.3 is 0 Å². The first-order valence-corrected chi connectivity index (χ1v) is 4.75. The largest absolute Gasteiger partial charge is 0.487 e. The molecular formula is C10H10ClFO. The van der Waals surface area contributed by atoms with Crippen LogP contribution >= 0.6 is 11.6 Å². The van der Waals surface area contributed by atoms with Crippen molar-refractivity contribution in [3.8, 4) is 5.75 Å². The first-order chi connectivity index (χ1) is 6.25. The minimum Gasteiger partial charge on any atom is -0.487 e. The molecule has 0 radical (unpaired) electrons. The van der Waals surface area contributed by atoms with Gasteiger partial charge in [0.15, 0.2) is 11.6 Å². The van der Waals surface area contributed by atoms with Crippen LogP contribution in [0.3, 0.4) is 0 Å². The Morgan fingerprint density at radius 3 is 2.77 bits per heavy atom. The molecule has 0 unspecified atom stereocenters. The summed E-state index contributed by atoms with van der Waals surface area (Å²) in [6.45, 7) is 0. The van der Waals surface area contributed by atoms with E-state index in [-0.39, 0.29) is 17.7 Å². The van der Waals surface area contributed by atoms with Gasteiger partial charge in [-0.3, -0.25) is 0 Å². The Hall–Kier alpha value is -0.760. The van der Waals surface area contributed by atoms with Crippen molar-refractivity contribution in [2.24, 2.45) is 0 Å². The Kier molecular flexibility index (Phi) is 2.40. The number of halogens is 2. The Bertz CT molecular complexity index is 310. The number of benzene rings is 1. The lowest BCUT2D eigenvalue weighted by molar-refractivity contribution is 0.115. The van der Waals surface area contributed by atoms with Crippen molar-refractivity contribution in [1.29, 1.82) is 0 Å². The second kappa shape index (κ2) is 3.54. The molecule has 0 bridgehead atoms. The Labute approximate surface area is 81.5 Å². The van der Waals surface area contributed by atoms with Gasteiger partial charge in [-0.25, -0.2) is 4.39 Å². The number of hydrogen-bond acceptors (Lipinski definition) is 1. The van der Waals surface area contributed by atoms with E-state index in [0.717, 1.165) is 12.8 Å². The minimum absolute atomic E-state index is 0.188. The molecule has 0 N–H and O–H groups in total. The SMILES string of the molecule is Fc1ccc(Cl)cc1OC1CCC1. The van der Waals surface area contributed by atoms with Crippen molar-refractivity contribution >= 4 is 11.6 Å². The molecule has 13 heavy (non-hydrogen) atoms. The highest BCUT2D eigenvalue weighted by atomic mass is 35.5. The van der Waals surface area contributed by atoms with E-state index in [0.29, 0.717) is 5.02 Å². The quantitative estimate of drug-likeness (QED) is 0.711. The normalized spacial score (nSPS) is 16.8. The third-order valence-electron chi connectivity index (χ3n) is 2.24. The summed E-state index contributed by atoms with van der Waals surface area (Å²) in [4.78, 5) is 0. The number of hydrogen-bond donors (Lipinski definition) is 0. The van der Waals surface area contributed by atoms with Crippen molar-refractivity contribution < 1.29 is 9.13 Å². The van der Waals surface area contributed by atoms with Crippen molar-refractivity contribution in [1.82, 2.24) is 0 Å². The molecule has 0 heterocycles. The smallest absolute Gasteiger partial charge is 0.165 e. The predicted molar refractivity (Wildman–Crippen MR) is 49.7 cm³/mol. The van der Waals surface area contributed by atoms with Crippen LogP contribution in [0.5, 0.6) is 5.75 Å². The van der Waals surface area contributed by atoms with Gasteiger partial charge in [-0.2, -0.15) is 0 Å². The van der Waals surface area contributed by atoms with Crippen molar-refractivity contribution in [2.75, 3.05) is 0 Å². The zero-order valence-electron chi connectivity index (χ0n) is 7.09. The molecule has 1 saturated carbocycles. The summed E-state index contributed by atoms with van der Waals surface area (Å²) in [7, 11) is 0. The lowest BCUT2D eigenvalue weighted by Crippen LogP contribution is -2.24. The van der Waals surface area contributed by atoms with Crippen LogP contribution in [0, 0.1) is 5.82 Å². The molecule has 0 aromatic heterocycles. The van der Waals surface area contributed by atoms with Crippen LogP contribution in [0.2, 0.25) is 5.02 Å². The lowest BCUT2D eigenvalue weighted by Gasteiger charge is -2.26. The summed E-state index contributed by atoms with van der Waals surface area (Å²) >= 11 is 5.71. The maximum atomic E-state index is 13.1. The van der Waals surface area contributed by atoms with Gasteiger partial charge in [0.2, 0.25) is 0 Å². The molecule has 1 aliphatic rings. The third-order valence-corrected chi connectivity index (χ3v) is 2.47. The fraction of sp³-hybridized carbons (Fsp3) is 0.400. The van der Waals surface area contributed by atoms with Gasteiger partial charge < -0.3 is 4.74 Å². The minimum atomic E-state index is -0.337. The highest BCUT2D eigenvalue weighted by Gasteiger charge is 2.20. The highest BCUT2D eigenvalue weighted by molar-refractivity contribution is 6.30. The molecule has 0 amide bonds. The third kappa shape index (κ3) is 1.94. The van der Waals surface area contributed by atoms with Gasteiger partial charge in [-0.1, -0.05) is 11.6 Å². The van der Waals surface area contributed by atoms with E-state index in [9.17, 15) is 4.39 Å². The van der Waals surface area contributed by atoms with Crippen LogP contribution in [-0.4, -0.2) is 6.10 Å². The summed E-state index contributed by atoms with van der Waals surface area (Å²) in [6, 6.07) is 4.37. The van der Waals surface area contributed by atoms with Crippen molar-refractivity contribution in [2.45, 2.75) is 25.4 Å². The van der Waals surface area contributed by atoms with E-state index >= 15 is 0 Å². The molecule has 1 aliphatic carbocycles. The topological polar surface area (TPSA) is 9.23 Å². The maximum Gasteiger partial charge on any atom is 0.165 e. The molecule has 0 atom stereocenters. The predicted octanol–water partition coefficient (Wildman–Crippen LogP) is 3.41. The van der Waals surface area contributed by atoms with Gasteiger partial charge in [0, 0.05) is 11.1 Å². The molecule has 2 rings (SSSR count). The van der Waals surface area contributed by atoms with Gasteiger partial charge in [-0.15, -0.1) is 0 Å². The molecule has 0 saturated heterocycles. The lowest BCUT2D eigenvalue weighted by atomic mass is 9.96. The molecule has 70 valence electrons. The Morgan fingerprint density at radius 1 is 1.38 bits per heavy atom. The molecule has 1 fully saturated rings. The first kappa shape index (κ1) is 8.82. The molecule has 0 aliphatic heterocycles. The Morgan fingerprint density at radius 2 is 2.15 bits per heavy atom. The molecule has 1 aromatic carbocycles. The summed E-state index contributed by atoms with van der Waals surface area (Å²) in [6.07, 6.45) is 3.40. The summed E-state index contributed by atoms with van der Waals surface area (Å²) in [5.74, 6) is -0.0616. The van der Waals surface area contributed by atoms with E-state index in [1.54, 1.807) is 0 Å². The molecule has 1 nitrogen and oxygen atoms in total. The van der Waals surface area contributed by atoms with Crippen LogP contribution in [-0.2, 0) is 0 Å². The second-order valence-corrected chi connectivity index (χ2v) is 3.68. The molecule has 0 spiro atoms. The number of rotatable bonds is 2. The van der Waals surface area contributed by atoms with E-state index in [1.165, 1.54) is 24.6 Å². The molecule has 1 aromatic rings. The second-order valence-electron chi connectivity index (χ2n) is 3.25. The fourth-order valence-corrected chi connectivity index (χ4v) is 1.40. The standard InChI is InChI=1S/C10H10ClFO/c11-7-4-5-9(12)10(6-7)13-8-2-1-3-8/h4-6,8H,1-3H2. The van der Waals surface area contributed by atoms with Crippen LogP contribution in [0.1, 0.15) is 19.3 Å². The molecular weight excluding hydrogens is 191 g/mol. The summed E-state index contributed by atoms with van der Waals surface area (Å²) < 4.78 is 18.5. The van der Waals surface area contributed by atoms with E-state index < -0.39 is 0 Å². The van der Waals surface area contributed by atoms with Crippen LogP contribution < -0.4 is 4.74 Å². The van der Waals surface area contributed by atoms with Gasteiger partial charge in [0.1, 0.15) is 0 Å². The fourth-order valence-electron chi connectivity index (χ4n) is 1.24.